The van der Waals surface area contributed by atoms with Gasteiger partial charge in [0.05, 0.1) is 0 Å². The van der Waals surface area contributed by atoms with Crippen molar-refractivity contribution in [3.63, 3.8) is 0 Å². The van der Waals surface area contributed by atoms with Crippen LogP contribution in [0.15, 0.2) is 21.7 Å². The summed E-state index contributed by atoms with van der Waals surface area (Å²) in [4.78, 5) is 30.2. The van der Waals surface area contributed by atoms with Crippen molar-refractivity contribution in [1.82, 2.24) is 19.1 Å². The first kappa shape index (κ1) is 13.1. The first-order chi connectivity index (χ1) is 8.95. The molecule has 19 heavy (non-hydrogen) atoms. The second-order valence-corrected chi connectivity index (χ2v) is 4.50. The predicted octanol–water partition coefficient (Wildman–Crippen LogP) is 0.431. The van der Waals surface area contributed by atoms with E-state index in [-0.39, 0.29) is 0 Å². The summed E-state index contributed by atoms with van der Waals surface area (Å²) in [5, 5.41) is 3.09. The molecule has 0 aliphatic heterocycles. The van der Waals surface area contributed by atoms with E-state index < -0.39 is 11.2 Å². The molecule has 2 rings (SSSR count). The number of nitrogens with zero attached hydrogens (tertiary/aromatic N) is 3. The molecule has 0 bridgehead atoms. The van der Waals surface area contributed by atoms with Crippen LogP contribution in [-0.2, 0) is 13.6 Å². The summed E-state index contributed by atoms with van der Waals surface area (Å²) in [6.45, 7) is 8.81. The molecule has 0 spiro atoms. The van der Waals surface area contributed by atoms with Crippen LogP contribution in [-0.4, -0.2) is 25.6 Å². The Morgan fingerprint density at radius 3 is 2.74 bits per heavy atom. The first-order valence-corrected chi connectivity index (χ1v) is 6.03. The van der Waals surface area contributed by atoms with Gasteiger partial charge in [-0.05, 0) is 13.8 Å². The van der Waals surface area contributed by atoms with Crippen molar-refractivity contribution in [2.24, 2.45) is 7.05 Å². The third-order valence-corrected chi connectivity index (χ3v) is 2.77. The second kappa shape index (κ2) is 4.75. The number of aryl methyl sites for hydroxylation is 1. The van der Waals surface area contributed by atoms with Crippen LogP contribution in [0.3, 0.4) is 0 Å². The summed E-state index contributed by atoms with van der Waals surface area (Å²) in [5.74, 6) is 0.562. The van der Waals surface area contributed by atoms with Crippen molar-refractivity contribution in [3.8, 4) is 0 Å². The number of rotatable bonds is 4. The molecule has 0 saturated carbocycles. The van der Waals surface area contributed by atoms with Gasteiger partial charge in [-0.2, -0.15) is 4.98 Å². The molecule has 0 saturated heterocycles. The summed E-state index contributed by atoms with van der Waals surface area (Å²) in [5.41, 5.74) is 0.732. The number of fused-ring (bicyclic) bond motifs is 1. The number of nitrogens with one attached hydrogen (secondary N) is 2. The molecule has 0 atom stereocenters. The molecule has 0 unspecified atom stereocenters. The third-order valence-electron chi connectivity index (χ3n) is 2.77. The van der Waals surface area contributed by atoms with Crippen molar-refractivity contribution >= 4 is 17.1 Å². The molecule has 2 N–H and O–H groups in total. The number of aromatic nitrogens is 4. The van der Waals surface area contributed by atoms with Crippen molar-refractivity contribution in [1.29, 1.82) is 0 Å². The van der Waals surface area contributed by atoms with Gasteiger partial charge in [0.15, 0.2) is 11.2 Å². The topological polar surface area (TPSA) is 84.7 Å². The molecular weight excluding hydrogens is 246 g/mol. The molecule has 7 heteroatoms. The average molecular weight is 263 g/mol. The zero-order valence-corrected chi connectivity index (χ0v) is 11.3. The first-order valence-electron chi connectivity index (χ1n) is 6.03. The van der Waals surface area contributed by atoms with Gasteiger partial charge in [0, 0.05) is 20.1 Å². The van der Waals surface area contributed by atoms with E-state index in [1.807, 2.05) is 13.8 Å². The van der Waals surface area contributed by atoms with E-state index in [0.717, 1.165) is 5.57 Å². The van der Waals surface area contributed by atoms with Crippen LogP contribution in [0.4, 0.5) is 5.95 Å². The largest absolute Gasteiger partial charge is 0.356 e. The van der Waals surface area contributed by atoms with Gasteiger partial charge < -0.3 is 9.88 Å². The van der Waals surface area contributed by atoms with Crippen LogP contribution in [0.1, 0.15) is 13.8 Å². The number of hydrogen-bond acceptors (Lipinski definition) is 4. The van der Waals surface area contributed by atoms with Crippen molar-refractivity contribution in [3.05, 3.63) is 33.0 Å². The maximum atomic E-state index is 12.0. The summed E-state index contributed by atoms with van der Waals surface area (Å²) in [7, 11) is 1.58. The third kappa shape index (κ3) is 2.18. The molecule has 2 heterocycles. The van der Waals surface area contributed by atoms with E-state index >= 15 is 0 Å². The van der Waals surface area contributed by atoms with Crippen LogP contribution in [0.2, 0.25) is 0 Å². The van der Waals surface area contributed by atoms with Gasteiger partial charge in [-0.3, -0.25) is 14.3 Å². The molecule has 0 aromatic carbocycles. The van der Waals surface area contributed by atoms with E-state index in [1.165, 1.54) is 4.57 Å². The lowest BCUT2D eigenvalue weighted by Crippen LogP contribution is -2.29. The van der Waals surface area contributed by atoms with Crippen molar-refractivity contribution in [2.75, 3.05) is 11.9 Å². The summed E-state index contributed by atoms with van der Waals surface area (Å²) in [6, 6.07) is 0. The number of hydrogen-bond donors (Lipinski definition) is 2. The molecule has 0 aliphatic carbocycles. The summed E-state index contributed by atoms with van der Waals surface area (Å²) < 4.78 is 3.06. The van der Waals surface area contributed by atoms with Crippen molar-refractivity contribution in [2.45, 2.75) is 20.4 Å². The van der Waals surface area contributed by atoms with E-state index in [0.29, 0.717) is 30.2 Å². The fraction of sp³-hybridized carbons (Fsp3) is 0.417. The molecule has 2 aromatic rings. The normalized spacial score (nSPS) is 10.9. The number of H-pyrrole nitrogens is 1. The minimum absolute atomic E-state index is 0.367. The monoisotopic (exact) mass is 263 g/mol. The highest BCUT2D eigenvalue weighted by molar-refractivity contribution is 5.74. The van der Waals surface area contributed by atoms with Crippen LogP contribution in [0.25, 0.3) is 11.2 Å². The fourth-order valence-corrected chi connectivity index (χ4v) is 1.95. The van der Waals surface area contributed by atoms with Crippen LogP contribution in [0, 0.1) is 0 Å². The predicted molar refractivity (Wildman–Crippen MR) is 74.6 cm³/mol. The molecule has 0 amide bonds. The molecule has 2 aromatic heterocycles. The standard InChI is InChI=1S/C12H17N5O2/c1-5-13-11-14-9-8(17(11)6-7(2)3)10(18)15-12(19)16(9)4/h2,5-6H2,1,3-4H3,(H,13,14)(H,15,18,19). The van der Waals surface area contributed by atoms with Gasteiger partial charge in [-0.15, -0.1) is 0 Å². The lowest BCUT2D eigenvalue weighted by atomic mass is 10.3. The van der Waals surface area contributed by atoms with E-state index in [1.54, 1.807) is 11.6 Å². The van der Waals surface area contributed by atoms with Crippen LogP contribution >= 0.6 is 0 Å². The Kier molecular flexibility index (Phi) is 3.28. The van der Waals surface area contributed by atoms with E-state index in [9.17, 15) is 9.59 Å². The number of aromatic amines is 1. The lowest BCUT2D eigenvalue weighted by molar-refractivity contribution is 0.799. The highest BCUT2D eigenvalue weighted by Gasteiger charge is 2.16. The fourth-order valence-electron chi connectivity index (χ4n) is 1.95. The van der Waals surface area contributed by atoms with Gasteiger partial charge >= 0.3 is 5.69 Å². The zero-order valence-electron chi connectivity index (χ0n) is 11.3. The smallest absolute Gasteiger partial charge is 0.329 e. The van der Waals surface area contributed by atoms with Crippen LogP contribution in [0.5, 0.6) is 0 Å². The van der Waals surface area contributed by atoms with Gasteiger partial charge in [-0.25, -0.2) is 4.79 Å². The molecule has 7 nitrogen and oxygen atoms in total. The Morgan fingerprint density at radius 1 is 1.47 bits per heavy atom. The average Bonchev–Trinajstić information content (AvgIpc) is 2.66. The van der Waals surface area contributed by atoms with E-state index in [4.69, 9.17) is 0 Å². The Hall–Kier alpha value is -2.31. The van der Waals surface area contributed by atoms with Gasteiger partial charge in [0.2, 0.25) is 5.95 Å². The molecule has 102 valence electrons. The molecule has 0 aliphatic rings. The number of allylic oxidation sites excluding steroid dienone is 1. The molecular formula is C12H17N5O2. The minimum atomic E-state index is -0.472. The SMILES string of the molecule is C=C(C)Cn1c(NCC)nc2c1c(=O)[nH]c(=O)n2C. The van der Waals surface area contributed by atoms with Crippen LogP contribution < -0.4 is 16.6 Å². The summed E-state index contributed by atoms with van der Waals surface area (Å²) in [6.07, 6.45) is 0. The maximum Gasteiger partial charge on any atom is 0.329 e. The highest BCUT2D eigenvalue weighted by Crippen LogP contribution is 2.16. The van der Waals surface area contributed by atoms with Gasteiger partial charge in [0.25, 0.3) is 5.56 Å². The number of anilines is 1. The van der Waals surface area contributed by atoms with E-state index in [2.05, 4.69) is 21.9 Å². The number of imidazole rings is 1. The molecule has 0 fully saturated rings. The highest BCUT2D eigenvalue weighted by atomic mass is 16.2. The zero-order chi connectivity index (χ0) is 14.2. The van der Waals surface area contributed by atoms with Crippen molar-refractivity contribution < 1.29 is 0 Å². The minimum Gasteiger partial charge on any atom is -0.356 e. The second-order valence-electron chi connectivity index (χ2n) is 4.50. The van der Waals surface area contributed by atoms with Gasteiger partial charge in [-0.1, -0.05) is 12.2 Å². The quantitative estimate of drug-likeness (QED) is 0.783. The van der Waals surface area contributed by atoms with Gasteiger partial charge in [0.1, 0.15) is 0 Å². The maximum absolute atomic E-state index is 12.0. The lowest BCUT2D eigenvalue weighted by Gasteiger charge is -2.08. The Balaban J connectivity index is 2.85. The Bertz CT molecular complexity index is 750. The Labute approximate surface area is 109 Å². The Morgan fingerprint density at radius 2 is 2.16 bits per heavy atom. The molecule has 0 radical (unpaired) electrons. The summed E-state index contributed by atoms with van der Waals surface area (Å²) >= 11 is 0.